The zero-order chi connectivity index (χ0) is 13.0. The van der Waals surface area contributed by atoms with Gasteiger partial charge in [-0.25, -0.2) is 0 Å². The van der Waals surface area contributed by atoms with Crippen LogP contribution < -0.4 is 5.73 Å². The summed E-state index contributed by atoms with van der Waals surface area (Å²) in [6, 6.07) is 7.65. The molecule has 0 aromatic heterocycles. The standard InChI is InChI=1S/C15H20N2O/c1-2-14(17-10-6-3-7-11-17)12-8-4-5-9-13(12)15(16)18/h2,4-5,8-9,14H,1,3,6-7,10-11H2,(H2,16,18). The Morgan fingerprint density at radius 2 is 1.94 bits per heavy atom. The minimum atomic E-state index is -0.366. The lowest BCUT2D eigenvalue weighted by Crippen LogP contribution is -2.33. The van der Waals surface area contributed by atoms with Crippen molar-refractivity contribution < 1.29 is 4.79 Å². The van der Waals surface area contributed by atoms with Crippen LogP contribution in [0, 0.1) is 0 Å². The van der Waals surface area contributed by atoms with E-state index in [1.54, 1.807) is 6.07 Å². The van der Waals surface area contributed by atoms with Crippen LogP contribution in [-0.4, -0.2) is 23.9 Å². The van der Waals surface area contributed by atoms with Crippen LogP contribution in [0.5, 0.6) is 0 Å². The van der Waals surface area contributed by atoms with Crippen molar-refractivity contribution in [2.24, 2.45) is 5.73 Å². The van der Waals surface area contributed by atoms with Crippen molar-refractivity contribution in [2.75, 3.05) is 13.1 Å². The average Bonchev–Trinajstić information content (AvgIpc) is 2.41. The molecule has 1 aromatic rings. The van der Waals surface area contributed by atoms with Gasteiger partial charge in [-0.1, -0.05) is 30.7 Å². The van der Waals surface area contributed by atoms with Crippen LogP contribution in [0.1, 0.15) is 41.2 Å². The van der Waals surface area contributed by atoms with Gasteiger partial charge in [0.15, 0.2) is 0 Å². The molecule has 96 valence electrons. The number of primary amides is 1. The van der Waals surface area contributed by atoms with E-state index >= 15 is 0 Å². The van der Waals surface area contributed by atoms with Gasteiger partial charge in [-0.15, -0.1) is 6.58 Å². The molecule has 2 rings (SSSR count). The molecule has 3 nitrogen and oxygen atoms in total. The zero-order valence-corrected chi connectivity index (χ0v) is 10.6. The summed E-state index contributed by atoms with van der Waals surface area (Å²) in [4.78, 5) is 13.9. The highest BCUT2D eigenvalue weighted by atomic mass is 16.1. The van der Waals surface area contributed by atoms with Crippen molar-refractivity contribution >= 4 is 5.91 Å². The van der Waals surface area contributed by atoms with Crippen LogP contribution in [0.25, 0.3) is 0 Å². The summed E-state index contributed by atoms with van der Waals surface area (Å²) < 4.78 is 0. The Balaban J connectivity index is 2.31. The minimum Gasteiger partial charge on any atom is -0.366 e. The highest BCUT2D eigenvalue weighted by Gasteiger charge is 2.22. The van der Waals surface area contributed by atoms with Crippen LogP contribution in [-0.2, 0) is 0 Å². The van der Waals surface area contributed by atoms with Gasteiger partial charge in [-0.05, 0) is 37.6 Å². The molecule has 1 aliphatic rings. The summed E-state index contributed by atoms with van der Waals surface area (Å²) in [6.07, 6.45) is 5.62. The van der Waals surface area contributed by atoms with E-state index in [0.29, 0.717) is 5.56 Å². The molecule has 1 amide bonds. The van der Waals surface area contributed by atoms with E-state index in [4.69, 9.17) is 5.73 Å². The van der Waals surface area contributed by atoms with Crippen LogP contribution >= 0.6 is 0 Å². The van der Waals surface area contributed by atoms with E-state index in [1.165, 1.54) is 19.3 Å². The highest BCUT2D eigenvalue weighted by molar-refractivity contribution is 5.94. The molecular weight excluding hydrogens is 224 g/mol. The quantitative estimate of drug-likeness (QED) is 0.827. The molecular formula is C15H20N2O. The molecule has 3 heteroatoms. The van der Waals surface area contributed by atoms with Crippen molar-refractivity contribution in [3.63, 3.8) is 0 Å². The second kappa shape index (κ2) is 5.83. The van der Waals surface area contributed by atoms with Gasteiger partial charge in [-0.2, -0.15) is 0 Å². The third-order valence-corrected chi connectivity index (χ3v) is 3.55. The largest absolute Gasteiger partial charge is 0.366 e. The van der Waals surface area contributed by atoms with Gasteiger partial charge in [0.05, 0.1) is 6.04 Å². The van der Waals surface area contributed by atoms with E-state index in [1.807, 2.05) is 24.3 Å². The van der Waals surface area contributed by atoms with Gasteiger partial charge in [0.25, 0.3) is 0 Å². The number of nitrogens with two attached hydrogens (primary N) is 1. The van der Waals surface area contributed by atoms with E-state index in [2.05, 4.69) is 11.5 Å². The van der Waals surface area contributed by atoms with Crippen molar-refractivity contribution in [2.45, 2.75) is 25.3 Å². The lowest BCUT2D eigenvalue weighted by Gasteiger charge is -2.33. The summed E-state index contributed by atoms with van der Waals surface area (Å²) in [5.41, 5.74) is 7.02. The molecule has 1 aliphatic heterocycles. The fourth-order valence-corrected chi connectivity index (χ4v) is 2.65. The molecule has 1 atom stereocenters. The summed E-state index contributed by atoms with van der Waals surface area (Å²) in [5.74, 6) is -0.366. The molecule has 0 bridgehead atoms. The van der Waals surface area contributed by atoms with Gasteiger partial charge < -0.3 is 5.73 Å². The predicted molar refractivity (Wildman–Crippen MR) is 73.3 cm³/mol. The number of nitrogens with zero attached hydrogens (tertiary/aromatic N) is 1. The maximum Gasteiger partial charge on any atom is 0.249 e. The number of benzene rings is 1. The first-order chi connectivity index (χ1) is 8.74. The molecule has 0 spiro atoms. The smallest absolute Gasteiger partial charge is 0.249 e. The molecule has 1 aromatic carbocycles. The lowest BCUT2D eigenvalue weighted by atomic mass is 9.96. The van der Waals surface area contributed by atoms with E-state index in [-0.39, 0.29) is 11.9 Å². The molecule has 1 heterocycles. The maximum atomic E-state index is 11.5. The SMILES string of the molecule is C=CC(c1ccccc1C(N)=O)N1CCCCC1. The Bertz CT molecular complexity index is 436. The Morgan fingerprint density at radius 3 is 2.56 bits per heavy atom. The summed E-state index contributed by atoms with van der Waals surface area (Å²) >= 11 is 0. The summed E-state index contributed by atoms with van der Waals surface area (Å²) in [7, 11) is 0. The topological polar surface area (TPSA) is 46.3 Å². The van der Waals surface area contributed by atoms with Crippen molar-refractivity contribution in [3.05, 3.63) is 48.0 Å². The van der Waals surface area contributed by atoms with Crippen molar-refractivity contribution in [1.29, 1.82) is 0 Å². The van der Waals surface area contributed by atoms with Crippen molar-refractivity contribution in [3.8, 4) is 0 Å². The molecule has 0 radical (unpaired) electrons. The molecule has 2 N–H and O–H groups in total. The van der Waals surface area contributed by atoms with Crippen LogP contribution in [0.2, 0.25) is 0 Å². The normalized spacial score (nSPS) is 18.2. The van der Waals surface area contributed by atoms with Gasteiger partial charge in [0.2, 0.25) is 5.91 Å². The fourth-order valence-electron chi connectivity index (χ4n) is 2.65. The number of piperidine rings is 1. The third-order valence-electron chi connectivity index (χ3n) is 3.55. The van der Waals surface area contributed by atoms with Gasteiger partial charge in [0.1, 0.15) is 0 Å². The second-order valence-corrected chi connectivity index (χ2v) is 4.73. The number of likely N-dealkylation sites (tertiary alicyclic amines) is 1. The number of hydrogen-bond donors (Lipinski definition) is 1. The Hall–Kier alpha value is -1.61. The maximum absolute atomic E-state index is 11.5. The van der Waals surface area contributed by atoms with Crippen LogP contribution in [0.15, 0.2) is 36.9 Å². The first-order valence-electron chi connectivity index (χ1n) is 6.49. The summed E-state index contributed by atoms with van der Waals surface area (Å²) in [5, 5.41) is 0. The number of carbonyl (C=O) groups is 1. The number of carbonyl (C=O) groups excluding carboxylic acids is 1. The first-order valence-corrected chi connectivity index (χ1v) is 6.49. The second-order valence-electron chi connectivity index (χ2n) is 4.73. The molecule has 1 unspecified atom stereocenters. The minimum absolute atomic E-state index is 0.0917. The lowest BCUT2D eigenvalue weighted by molar-refractivity contribution is 0.0996. The van der Waals surface area contributed by atoms with E-state index in [9.17, 15) is 4.79 Å². The number of hydrogen-bond acceptors (Lipinski definition) is 2. The van der Waals surface area contributed by atoms with E-state index in [0.717, 1.165) is 18.7 Å². The average molecular weight is 244 g/mol. The fraction of sp³-hybridized carbons (Fsp3) is 0.400. The van der Waals surface area contributed by atoms with Gasteiger partial charge in [0, 0.05) is 5.56 Å². The predicted octanol–water partition coefficient (Wildman–Crippen LogP) is 2.50. The Morgan fingerprint density at radius 1 is 1.28 bits per heavy atom. The number of rotatable bonds is 4. The zero-order valence-electron chi connectivity index (χ0n) is 10.6. The molecule has 0 aliphatic carbocycles. The van der Waals surface area contributed by atoms with Crippen LogP contribution in [0.3, 0.4) is 0 Å². The van der Waals surface area contributed by atoms with Crippen LogP contribution in [0.4, 0.5) is 0 Å². The Kier molecular flexibility index (Phi) is 4.15. The summed E-state index contributed by atoms with van der Waals surface area (Å²) in [6.45, 7) is 6.04. The molecule has 0 saturated carbocycles. The van der Waals surface area contributed by atoms with Crippen molar-refractivity contribution in [1.82, 2.24) is 4.90 Å². The number of amides is 1. The molecule has 1 fully saturated rings. The monoisotopic (exact) mass is 244 g/mol. The highest BCUT2D eigenvalue weighted by Crippen LogP contribution is 2.27. The molecule has 1 saturated heterocycles. The Labute approximate surface area is 108 Å². The van der Waals surface area contributed by atoms with E-state index < -0.39 is 0 Å². The third kappa shape index (κ3) is 2.62. The van der Waals surface area contributed by atoms with Gasteiger partial charge >= 0.3 is 0 Å². The molecule has 18 heavy (non-hydrogen) atoms. The van der Waals surface area contributed by atoms with Gasteiger partial charge in [-0.3, -0.25) is 9.69 Å². The first kappa shape index (κ1) is 12.8.